The van der Waals surface area contributed by atoms with Gasteiger partial charge in [-0.15, -0.1) is 0 Å². The molecule has 0 radical (unpaired) electrons. The smallest absolute Gasteiger partial charge is 0.237 e. The summed E-state index contributed by atoms with van der Waals surface area (Å²) < 4.78 is 0. The first-order valence-electron chi connectivity index (χ1n) is 6.46. The third kappa shape index (κ3) is 3.37. The van der Waals surface area contributed by atoms with E-state index in [4.69, 9.17) is 0 Å². The molecule has 0 spiro atoms. The summed E-state index contributed by atoms with van der Waals surface area (Å²) in [5.74, 6) is -0.360. The Labute approximate surface area is 110 Å². The van der Waals surface area contributed by atoms with Crippen molar-refractivity contribution in [2.45, 2.75) is 32.1 Å². The van der Waals surface area contributed by atoms with Crippen molar-refractivity contribution in [3.8, 4) is 0 Å². The van der Waals surface area contributed by atoms with Gasteiger partial charge in [-0.05, 0) is 0 Å². The summed E-state index contributed by atoms with van der Waals surface area (Å²) in [7, 11) is 0. The molecule has 2 heterocycles. The number of nitrogens with one attached hydrogen (secondary N) is 1. The molecule has 2 rings (SSSR count). The van der Waals surface area contributed by atoms with Gasteiger partial charge in [0.15, 0.2) is 0 Å². The highest BCUT2D eigenvalue weighted by atomic mass is 16.2. The van der Waals surface area contributed by atoms with Crippen molar-refractivity contribution in [1.82, 2.24) is 15.3 Å². The number of amides is 3. The summed E-state index contributed by atoms with van der Waals surface area (Å²) in [6, 6.07) is 0. The second-order valence-corrected chi connectivity index (χ2v) is 4.68. The summed E-state index contributed by atoms with van der Waals surface area (Å²) in [6.45, 7) is 0.937. The molecule has 0 bridgehead atoms. The summed E-state index contributed by atoms with van der Waals surface area (Å²) >= 11 is 0. The molecule has 0 aromatic heterocycles. The van der Waals surface area contributed by atoms with Crippen LogP contribution < -0.4 is 5.43 Å². The number of carbonyl (C=O) groups excluding carboxylic acids is 4. The van der Waals surface area contributed by atoms with E-state index in [2.05, 4.69) is 5.43 Å². The van der Waals surface area contributed by atoms with E-state index < -0.39 is 0 Å². The van der Waals surface area contributed by atoms with E-state index >= 15 is 0 Å². The summed E-state index contributed by atoms with van der Waals surface area (Å²) in [5.41, 5.74) is 2.89. The predicted molar refractivity (Wildman–Crippen MR) is 64.5 cm³/mol. The fraction of sp³-hybridized carbons (Fsp3) is 0.667. The minimum absolute atomic E-state index is 0.0857. The number of carbonyl (C=O) groups is 4. The van der Waals surface area contributed by atoms with E-state index in [0.29, 0.717) is 25.9 Å². The molecule has 0 aromatic carbocycles. The normalized spacial score (nSPS) is 21.3. The number of likely N-dealkylation sites (tertiary alicyclic amines) is 1. The first-order valence-corrected chi connectivity index (χ1v) is 6.46. The summed E-state index contributed by atoms with van der Waals surface area (Å²) in [4.78, 5) is 46.9. The van der Waals surface area contributed by atoms with Crippen molar-refractivity contribution in [2.24, 2.45) is 0 Å². The molecular weight excluding hydrogens is 250 g/mol. The van der Waals surface area contributed by atoms with E-state index in [9.17, 15) is 19.2 Å². The molecule has 104 valence electrons. The van der Waals surface area contributed by atoms with Crippen molar-refractivity contribution >= 4 is 23.5 Å². The molecule has 0 atom stereocenters. The maximum absolute atomic E-state index is 11.7. The summed E-state index contributed by atoms with van der Waals surface area (Å²) in [6.07, 6.45) is 1.40. The van der Waals surface area contributed by atoms with Crippen molar-refractivity contribution in [3.63, 3.8) is 0 Å². The number of rotatable bonds is 4. The molecule has 2 saturated heterocycles. The van der Waals surface area contributed by atoms with Crippen LogP contribution in [0.3, 0.4) is 0 Å². The van der Waals surface area contributed by atoms with Crippen LogP contribution >= 0.6 is 0 Å². The van der Waals surface area contributed by atoms with Crippen LogP contribution in [0.2, 0.25) is 0 Å². The topological polar surface area (TPSA) is 86.8 Å². The molecule has 7 heteroatoms. The Hall–Kier alpha value is -1.76. The van der Waals surface area contributed by atoms with Crippen LogP contribution in [-0.4, -0.2) is 53.0 Å². The van der Waals surface area contributed by atoms with Crippen LogP contribution in [0.15, 0.2) is 0 Å². The minimum atomic E-state index is -0.163. The van der Waals surface area contributed by atoms with Crippen LogP contribution in [0.1, 0.15) is 32.1 Å². The molecule has 7 nitrogen and oxygen atoms in total. The van der Waals surface area contributed by atoms with E-state index in [1.54, 1.807) is 0 Å². The zero-order chi connectivity index (χ0) is 13.8. The number of hydrogen-bond donors (Lipinski definition) is 1. The monoisotopic (exact) mass is 267 g/mol. The van der Waals surface area contributed by atoms with Gasteiger partial charge in [0.05, 0.1) is 0 Å². The molecule has 0 saturated carbocycles. The van der Waals surface area contributed by atoms with Gasteiger partial charge in [0, 0.05) is 51.7 Å². The van der Waals surface area contributed by atoms with Crippen LogP contribution in [-0.2, 0) is 19.2 Å². The number of Topliss-reactive ketones (excluding diaryl/α,β-unsaturated/α-hetero) is 1. The van der Waals surface area contributed by atoms with Crippen LogP contribution in [0.5, 0.6) is 0 Å². The standard InChI is InChI=1S/C12H17N3O4/c16-9-1-2-12(19)15(7-5-9)13-6-8-14-10(17)3-4-11(14)18/h13H,1-8H2. The Morgan fingerprint density at radius 1 is 0.842 bits per heavy atom. The number of hydrazine groups is 1. The van der Waals surface area contributed by atoms with Crippen molar-refractivity contribution in [3.05, 3.63) is 0 Å². The van der Waals surface area contributed by atoms with Gasteiger partial charge in [0.25, 0.3) is 0 Å². The van der Waals surface area contributed by atoms with Gasteiger partial charge >= 0.3 is 0 Å². The SMILES string of the molecule is O=C1CCC(=O)N(NCCN2C(=O)CCC2=O)CC1. The van der Waals surface area contributed by atoms with Gasteiger partial charge in [-0.25, -0.2) is 5.43 Å². The van der Waals surface area contributed by atoms with Gasteiger partial charge in [-0.1, -0.05) is 0 Å². The predicted octanol–water partition coefficient (Wildman–Crippen LogP) is -0.778. The quantitative estimate of drug-likeness (QED) is 0.675. The Morgan fingerprint density at radius 2 is 1.47 bits per heavy atom. The molecule has 3 amide bonds. The molecule has 0 unspecified atom stereocenters. The van der Waals surface area contributed by atoms with Crippen LogP contribution in [0, 0.1) is 0 Å². The Bertz CT molecular complexity index is 405. The zero-order valence-electron chi connectivity index (χ0n) is 10.7. The lowest BCUT2D eigenvalue weighted by molar-refractivity contribution is -0.138. The van der Waals surface area contributed by atoms with Gasteiger partial charge in [0.1, 0.15) is 5.78 Å². The zero-order valence-corrected chi connectivity index (χ0v) is 10.7. The Kier molecular flexibility index (Phi) is 4.26. The molecule has 2 aliphatic heterocycles. The molecule has 0 aliphatic carbocycles. The first-order chi connectivity index (χ1) is 9.08. The maximum atomic E-state index is 11.7. The molecule has 2 aliphatic rings. The van der Waals surface area contributed by atoms with E-state index in [1.807, 2.05) is 0 Å². The largest absolute Gasteiger partial charge is 0.300 e. The van der Waals surface area contributed by atoms with E-state index in [0.717, 1.165) is 0 Å². The minimum Gasteiger partial charge on any atom is -0.300 e. The van der Waals surface area contributed by atoms with E-state index in [-0.39, 0.29) is 49.3 Å². The highest BCUT2D eigenvalue weighted by Gasteiger charge is 2.28. The first kappa shape index (κ1) is 13.7. The third-order valence-electron chi connectivity index (χ3n) is 3.33. The van der Waals surface area contributed by atoms with Gasteiger partial charge in [0.2, 0.25) is 17.7 Å². The van der Waals surface area contributed by atoms with Crippen LogP contribution in [0.4, 0.5) is 0 Å². The average Bonchev–Trinajstić information content (AvgIpc) is 2.60. The molecular formula is C12H17N3O4. The second-order valence-electron chi connectivity index (χ2n) is 4.68. The van der Waals surface area contributed by atoms with Crippen molar-refractivity contribution < 1.29 is 19.2 Å². The third-order valence-corrected chi connectivity index (χ3v) is 3.33. The van der Waals surface area contributed by atoms with Crippen molar-refractivity contribution in [2.75, 3.05) is 19.6 Å². The van der Waals surface area contributed by atoms with Gasteiger partial charge < -0.3 is 0 Å². The molecule has 19 heavy (non-hydrogen) atoms. The number of hydrogen-bond acceptors (Lipinski definition) is 5. The molecule has 2 fully saturated rings. The Morgan fingerprint density at radius 3 is 2.16 bits per heavy atom. The highest BCUT2D eigenvalue weighted by molar-refractivity contribution is 6.01. The van der Waals surface area contributed by atoms with Gasteiger partial charge in [-0.3, -0.25) is 29.1 Å². The van der Waals surface area contributed by atoms with E-state index in [1.165, 1.54) is 9.91 Å². The summed E-state index contributed by atoms with van der Waals surface area (Å²) in [5, 5.41) is 1.41. The molecule has 0 aromatic rings. The number of ketones is 1. The lowest BCUT2D eigenvalue weighted by Crippen LogP contribution is -2.46. The van der Waals surface area contributed by atoms with Crippen LogP contribution in [0.25, 0.3) is 0 Å². The number of imide groups is 1. The van der Waals surface area contributed by atoms with Gasteiger partial charge in [-0.2, -0.15) is 0 Å². The second kappa shape index (κ2) is 5.92. The molecule has 1 N–H and O–H groups in total. The lowest BCUT2D eigenvalue weighted by atomic mass is 10.2. The number of nitrogens with zero attached hydrogens (tertiary/aromatic N) is 2. The maximum Gasteiger partial charge on any atom is 0.237 e. The lowest BCUT2D eigenvalue weighted by Gasteiger charge is -2.22. The fourth-order valence-corrected chi connectivity index (χ4v) is 2.20. The average molecular weight is 267 g/mol. The fourth-order valence-electron chi connectivity index (χ4n) is 2.20. The Balaban J connectivity index is 1.78. The van der Waals surface area contributed by atoms with Crippen molar-refractivity contribution in [1.29, 1.82) is 0 Å². The highest BCUT2D eigenvalue weighted by Crippen LogP contribution is 2.11.